The molecule has 2 rings (SSSR count). The third kappa shape index (κ3) is 3.56. The van der Waals surface area contributed by atoms with Crippen molar-refractivity contribution in [2.75, 3.05) is 26.2 Å². The number of aliphatic carboxylic acids is 1. The summed E-state index contributed by atoms with van der Waals surface area (Å²) in [6.07, 6.45) is 3.45. The van der Waals surface area contributed by atoms with Gasteiger partial charge in [-0.3, -0.25) is 4.79 Å². The van der Waals surface area contributed by atoms with E-state index in [1.807, 2.05) is 6.92 Å². The van der Waals surface area contributed by atoms with Gasteiger partial charge >= 0.3 is 5.97 Å². The molecular weight excluding hydrogens is 294 g/mol. The molecule has 0 saturated carbocycles. The molecule has 7 nitrogen and oxygen atoms in total. The van der Waals surface area contributed by atoms with Crippen molar-refractivity contribution in [1.29, 1.82) is 0 Å². The van der Waals surface area contributed by atoms with E-state index in [0.717, 1.165) is 38.8 Å². The highest BCUT2D eigenvalue weighted by atomic mass is 32.2. The van der Waals surface area contributed by atoms with Gasteiger partial charge in [0.15, 0.2) is 0 Å². The first kappa shape index (κ1) is 16.7. The lowest BCUT2D eigenvalue weighted by molar-refractivity contribution is -0.142. The third-order valence-corrected chi connectivity index (χ3v) is 6.54. The Kier molecular flexibility index (Phi) is 5.59. The van der Waals surface area contributed by atoms with E-state index in [1.165, 1.54) is 8.61 Å². The minimum atomic E-state index is -3.71. The Morgan fingerprint density at radius 2 is 1.95 bits per heavy atom. The van der Waals surface area contributed by atoms with Crippen molar-refractivity contribution in [2.45, 2.75) is 51.1 Å². The number of hydrogen-bond donors (Lipinski definition) is 2. The lowest BCUT2D eigenvalue weighted by atomic mass is 10.1. The number of nitrogens with zero attached hydrogens (tertiary/aromatic N) is 2. The molecule has 8 heteroatoms. The van der Waals surface area contributed by atoms with Crippen LogP contribution >= 0.6 is 0 Å². The number of carboxylic acid groups (broad SMARTS) is 1. The van der Waals surface area contributed by atoms with Gasteiger partial charge in [0.05, 0.1) is 0 Å². The van der Waals surface area contributed by atoms with Crippen molar-refractivity contribution in [3.05, 3.63) is 0 Å². The molecule has 1 atom stereocenters. The monoisotopic (exact) mass is 319 g/mol. The average Bonchev–Trinajstić information content (AvgIpc) is 2.49. The SMILES string of the molecule is CCN(C1CCNCC1)S(=O)(=O)N1CCCCC1C(=O)O. The summed E-state index contributed by atoms with van der Waals surface area (Å²) in [4.78, 5) is 11.4. The van der Waals surface area contributed by atoms with Gasteiger partial charge in [-0.25, -0.2) is 0 Å². The fourth-order valence-electron chi connectivity index (χ4n) is 3.27. The molecule has 0 bridgehead atoms. The normalized spacial score (nSPS) is 26.1. The predicted molar refractivity (Wildman–Crippen MR) is 79.2 cm³/mol. The molecule has 2 fully saturated rings. The Morgan fingerprint density at radius 3 is 2.52 bits per heavy atom. The molecule has 0 spiro atoms. The summed E-state index contributed by atoms with van der Waals surface area (Å²) in [7, 11) is -3.71. The molecule has 2 aliphatic rings. The van der Waals surface area contributed by atoms with Crippen molar-refractivity contribution in [3.63, 3.8) is 0 Å². The topological polar surface area (TPSA) is 90.0 Å². The predicted octanol–water partition coefficient (Wildman–Crippen LogP) is 0.244. The van der Waals surface area contributed by atoms with Crippen LogP contribution in [0.5, 0.6) is 0 Å². The lowest BCUT2D eigenvalue weighted by Crippen LogP contribution is -2.56. The van der Waals surface area contributed by atoms with E-state index in [1.54, 1.807) is 0 Å². The molecule has 0 aromatic rings. The fourth-order valence-corrected chi connectivity index (χ4v) is 5.33. The summed E-state index contributed by atoms with van der Waals surface area (Å²) in [5, 5.41) is 12.5. The molecule has 0 radical (unpaired) electrons. The molecule has 21 heavy (non-hydrogen) atoms. The van der Waals surface area contributed by atoms with E-state index in [-0.39, 0.29) is 6.04 Å². The van der Waals surface area contributed by atoms with Crippen LogP contribution in [0.25, 0.3) is 0 Å². The Bertz CT molecular complexity index is 462. The van der Waals surface area contributed by atoms with Gasteiger partial charge in [0, 0.05) is 19.1 Å². The minimum Gasteiger partial charge on any atom is -0.480 e. The van der Waals surface area contributed by atoms with E-state index in [9.17, 15) is 18.3 Å². The van der Waals surface area contributed by atoms with E-state index in [0.29, 0.717) is 19.5 Å². The first-order valence-corrected chi connectivity index (χ1v) is 9.10. The molecule has 2 N–H and O–H groups in total. The van der Waals surface area contributed by atoms with Gasteiger partial charge in [0.2, 0.25) is 0 Å². The van der Waals surface area contributed by atoms with Crippen molar-refractivity contribution in [1.82, 2.24) is 13.9 Å². The Labute approximate surface area is 126 Å². The molecule has 2 heterocycles. The number of nitrogens with one attached hydrogen (secondary N) is 1. The molecule has 0 aliphatic carbocycles. The quantitative estimate of drug-likeness (QED) is 0.758. The summed E-state index contributed by atoms with van der Waals surface area (Å²) < 4.78 is 28.5. The summed E-state index contributed by atoms with van der Waals surface area (Å²) in [5.74, 6) is -1.04. The molecule has 2 saturated heterocycles. The number of rotatable bonds is 5. The van der Waals surface area contributed by atoms with Crippen molar-refractivity contribution < 1.29 is 18.3 Å². The summed E-state index contributed by atoms with van der Waals surface area (Å²) in [6.45, 7) is 4.12. The van der Waals surface area contributed by atoms with Crippen LogP contribution in [0.1, 0.15) is 39.0 Å². The second kappa shape index (κ2) is 7.04. The largest absolute Gasteiger partial charge is 0.480 e. The maximum absolute atomic E-state index is 12.9. The van der Waals surface area contributed by atoms with Gasteiger partial charge in [0.1, 0.15) is 6.04 Å². The lowest BCUT2D eigenvalue weighted by Gasteiger charge is -2.39. The minimum absolute atomic E-state index is 0.0300. The standard InChI is InChI=1S/C13H25N3O4S/c1-2-15(11-6-8-14-9-7-11)21(19,20)16-10-4-3-5-12(16)13(17)18/h11-12,14H,2-10H2,1H3,(H,17,18). The maximum Gasteiger partial charge on any atom is 0.322 e. The van der Waals surface area contributed by atoms with E-state index in [2.05, 4.69) is 5.32 Å². The Hall–Kier alpha value is -0.700. The van der Waals surface area contributed by atoms with E-state index >= 15 is 0 Å². The zero-order valence-electron chi connectivity index (χ0n) is 12.5. The van der Waals surface area contributed by atoms with Crippen LogP contribution in [-0.2, 0) is 15.0 Å². The van der Waals surface area contributed by atoms with Gasteiger partial charge in [-0.2, -0.15) is 17.0 Å². The van der Waals surface area contributed by atoms with Crippen molar-refractivity contribution >= 4 is 16.2 Å². The number of hydrogen-bond acceptors (Lipinski definition) is 4. The maximum atomic E-state index is 12.9. The van der Waals surface area contributed by atoms with Crippen LogP contribution in [0.4, 0.5) is 0 Å². The van der Waals surface area contributed by atoms with Crippen LogP contribution in [0.2, 0.25) is 0 Å². The first-order valence-electron chi connectivity index (χ1n) is 7.70. The van der Waals surface area contributed by atoms with Crippen molar-refractivity contribution in [2.24, 2.45) is 0 Å². The number of carboxylic acids is 1. The third-order valence-electron chi connectivity index (χ3n) is 4.36. The smallest absolute Gasteiger partial charge is 0.322 e. The molecule has 0 aromatic heterocycles. The summed E-state index contributed by atoms with van der Waals surface area (Å²) in [6, 6.07) is -0.947. The number of carbonyl (C=O) groups is 1. The van der Waals surface area contributed by atoms with Crippen LogP contribution in [-0.4, -0.2) is 66.4 Å². The number of piperidine rings is 2. The molecule has 0 amide bonds. The molecule has 2 aliphatic heterocycles. The highest BCUT2D eigenvalue weighted by Crippen LogP contribution is 2.26. The Morgan fingerprint density at radius 1 is 1.29 bits per heavy atom. The second-order valence-corrected chi connectivity index (χ2v) is 7.49. The van der Waals surface area contributed by atoms with Crippen LogP contribution < -0.4 is 5.32 Å². The van der Waals surface area contributed by atoms with E-state index in [4.69, 9.17) is 0 Å². The highest BCUT2D eigenvalue weighted by Gasteiger charge is 2.41. The molecule has 1 unspecified atom stereocenters. The zero-order valence-corrected chi connectivity index (χ0v) is 13.3. The fraction of sp³-hybridized carbons (Fsp3) is 0.923. The van der Waals surface area contributed by atoms with Gasteiger partial charge in [-0.05, 0) is 45.2 Å². The zero-order chi connectivity index (χ0) is 15.5. The van der Waals surface area contributed by atoms with Crippen molar-refractivity contribution in [3.8, 4) is 0 Å². The van der Waals surface area contributed by atoms with Crippen LogP contribution in [0, 0.1) is 0 Å². The highest BCUT2D eigenvalue weighted by molar-refractivity contribution is 7.86. The summed E-state index contributed by atoms with van der Waals surface area (Å²) >= 11 is 0. The molecular formula is C13H25N3O4S. The Balaban J connectivity index is 2.22. The van der Waals surface area contributed by atoms with Gasteiger partial charge < -0.3 is 10.4 Å². The molecule has 122 valence electrons. The van der Waals surface area contributed by atoms with Gasteiger partial charge in [0.25, 0.3) is 10.2 Å². The summed E-state index contributed by atoms with van der Waals surface area (Å²) in [5.41, 5.74) is 0. The van der Waals surface area contributed by atoms with Gasteiger partial charge in [-0.1, -0.05) is 6.92 Å². The van der Waals surface area contributed by atoms with E-state index < -0.39 is 22.2 Å². The van der Waals surface area contributed by atoms with Crippen LogP contribution in [0.15, 0.2) is 0 Å². The second-order valence-electron chi connectivity index (χ2n) is 5.65. The molecule has 0 aromatic carbocycles. The van der Waals surface area contributed by atoms with Gasteiger partial charge in [-0.15, -0.1) is 0 Å². The average molecular weight is 319 g/mol. The first-order chi connectivity index (χ1) is 9.98. The van der Waals surface area contributed by atoms with Crippen LogP contribution in [0.3, 0.4) is 0 Å².